The number of hydrogen-bond donors (Lipinski definition) is 0. The van der Waals surface area contributed by atoms with E-state index in [4.69, 9.17) is 0 Å². The fourth-order valence-electron chi connectivity index (χ4n) is 3.02. The highest BCUT2D eigenvalue weighted by atomic mass is 14.1. The predicted molar refractivity (Wildman–Crippen MR) is 93.1 cm³/mol. The van der Waals surface area contributed by atoms with Crippen molar-refractivity contribution in [1.82, 2.24) is 0 Å². The maximum absolute atomic E-state index is 2.39. The quantitative estimate of drug-likeness (QED) is 0.645. The van der Waals surface area contributed by atoms with E-state index in [1.54, 1.807) is 0 Å². The molecule has 112 valence electrons. The van der Waals surface area contributed by atoms with Gasteiger partial charge in [-0.25, -0.2) is 0 Å². The Balaban J connectivity index is 1.95. The van der Waals surface area contributed by atoms with E-state index < -0.39 is 0 Å². The molecule has 0 saturated heterocycles. The van der Waals surface area contributed by atoms with Crippen LogP contribution in [0.5, 0.6) is 0 Å². The second-order valence-electron chi connectivity index (χ2n) is 6.08. The minimum atomic E-state index is 1.14. The minimum absolute atomic E-state index is 1.14. The van der Waals surface area contributed by atoms with Gasteiger partial charge in [0.25, 0.3) is 0 Å². The Labute approximate surface area is 130 Å². The smallest absolute Gasteiger partial charge is 0.0276 e. The standard InChI is InChI=1S/C21H28/c1-5-20-14-18(12-10-16(20)3)8-7-9-19-13-11-17(4)21(6-2)15-19/h10-15H,5-9H2,1-4H3. The van der Waals surface area contributed by atoms with Crippen molar-refractivity contribution in [2.24, 2.45) is 0 Å². The van der Waals surface area contributed by atoms with Crippen LogP contribution in [0.2, 0.25) is 0 Å². The average Bonchev–Trinajstić information content (AvgIpc) is 2.50. The molecular weight excluding hydrogens is 252 g/mol. The van der Waals surface area contributed by atoms with Crippen LogP contribution in [0.1, 0.15) is 53.6 Å². The second-order valence-corrected chi connectivity index (χ2v) is 6.08. The summed E-state index contributed by atoms with van der Waals surface area (Å²) >= 11 is 0. The van der Waals surface area contributed by atoms with Crippen LogP contribution >= 0.6 is 0 Å². The Hall–Kier alpha value is -1.56. The van der Waals surface area contributed by atoms with Crippen molar-refractivity contribution in [2.75, 3.05) is 0 Å². The fourth-order valence-corrected chi connectivity index (χ4v) is 3.02. The molecular formula is C21H28. The molecule has 2 aromatic carbocycles. The van der Waals surface area contributed by atoms with E-state index in [0.29, 0.717) is 0 Å². The van der Waals surface area contributed by atoms with E-state index >= 15 is 0 Å². The zero-order chi connectivity index (χ0) is 15.2. The first-order valence-corrected chi connectivity index (χ1v) is 8.30. The summed E-state index contributed by atoms with van der Waals surface area (Å²) in [6.45, 7) is 8.90. The summed E-state index contributed by atoms with van der Waals surface area (Å²) in [6, 6.07) is 13.9. The van der Waals surface area contributed by atoms with E-state index in [9.17, 15) is 0 Å². The average molecular weight is 280 g/mol. The predicted octanol–water partition coefficient (Wildman–Crippen LogP) is 5.60. The molecule has 0 aliphatic rings. The van der Waals surface area contributed by atoms with Crippen molar-refractivity contribution in [2.45, 2.75) is 59.8 Å². The van der Waals surface area contributed by atoms with E-state index in [-0.39, 0.29) is 0 Å². The lowest BCUT2D eigenvalue weighted by molar-refractivity contribution is 0.816. The molecule has 0 atom stereocenters. The van der Waals surface area contributed by atoms with Crippen LogP contribution < -0.4 is 0 Å². The molecule has 0 nitrogen and oxygen atoms in total. The van der Waals surface area contributed by atoms with Gasteiger partial charge in [0.1, 0.15) is 0 Å². The molecule has 0 N–H and O–H groups in total. The summed E-state index contributed by atoms with van der Waals surface area (Å²) in [5.74, 6) is 0. The van der Waals surface area contributed by atoms with Gasteiger partial charge in [0.2, 0.25) is 0 Å². The third-order valence-corrected chi connectivity index (χ3v) is 4.52. The molecule has 0 radical (unpaired) electrons. The molecule has 0 heteroatoms. The van der Waals surface area contributed by atoms with Gasteiger partial charge in [-0.15, -0.1) is 0 Å². The monoisotopic (exact) mass is 280 g/mol. The molecule has 0 saturated carbocycles. The van der Waals surface area contributed by atoms with Gasteiger partial charge in [-0.2, -0.15) is 0 Å². The van der Waals surface area contributed by atoms with Crippen LogP contribution in [0.15, 0.2) is 36.4 Å². The fraction of sp³-hybridized carbons (Fsp3) is 0.429. The van der Waals surface area contributed by atoms with Crippen LogP contribution in [0.25, 0.3) is 0 Å². The van der Waals surface area contributed by atoms with Crippen molar-refractivity contribution < 1.29 is 0 Å². The maximum Gasteiger partial charge on any atom is -0.0276 e. The minimum Gasteiger partial charge on any atom is -0.0613 e. The summed E-state index contributed by atoms with van der Waals surface area (Å²) in [6.07, 6.45) is 5.87. The lowest BCUT2D eigenvalue weighted by Gasteiger charge is -2.09. The molecule has 2 rings (SSSR count). The van der Waals surface area contributed by atoms with Crippen LogP contribution in [-0.4, -0.2) is 0 Å². The molecule has 0 bridgehead atoms. The molecule has 0 heterocycles. The normalized spacial score (nSPS) is 10.9. The third-order valence-electron chi connectivity index (χ3n) is 4.52. The van der Waals surface area contributed by atoms with Crippen LogP contribution in [0.4, 0.5) is 0 Å². The van der Waals surface area contributed by atoms with E-state index in [1.165, 1.54) is 52.6 Å². The summed E-state index contributed by atoms with van der Waals surface area (Å²) in [7, 11) is 0. The van der Waals surface area contributed by atoms with Gasteiger partial charge in [-0.05, 0) is 79.3 Å². The first-order valence-electron chi connectivity index (χ1n) is 8.30. The summed E-state index contributed by atoms with van der Waals surface area (Å²) < 4.78 is 0. The van der Waals surface area contributed by atoms with E-state index in [2.05, 4.69) is 64.1 Å². The number of aryl methyl sites for hydroxylation is 6. The van der Waals surface area contributed by atoms with Crippen molar-refractivity contribution >= 4 is 0 Å². The van der Waals surface area contributed by atoms with Gasteiger partial charge in [0, 0.05) is 0 Å². The van der Waals surface area contributed by atoms with E-state index in [0.717, 1.165) is 12.8 Å². The number of rotatable bonds is 6. The van der Waals surface area contributed by atoms with Crippen molar-refractivity contribution in [3.63, 3.8) is 0 Å². The highest BCUT2D eigenvalue weighted by Gasteiger charge is 2.02. The molecule has 0 aliphatic carbocycles. The molecule has 0 unspecified atom stereocenters. The molecule has 2 aromatic rings. The molecule has 0 aliphatic heterocycles. The van der Waals surface area contributed by atoms with Crippen molar-refractivity contribution in [3.8, 4) is 0 Å². The van der Waals surface area contributed by atoms with Crippen molar-refractivity contribution in [3.05, 3.63) is 69.8 Å². The maximum atomic E-state index is 2.39. The molecule has 0 amide bonds. The van der Waals surface area contributed by atoms with Crippen LogP contribution in [0.3, 0.4) is 0 Å². The Morgan fingerprint density at radius 1 is 0.667 bits per heavy atom. The molecule has 0 spiro atoms. The number of benzene rings is 2. The van der Waals surface area contributed by atoms with Gasteiger partial charge in [0.15, 0.2) is 0 Å². The van der Waals surface area contributed by atoms with Crippen LogP contribution in [-0.2, 0) is 25.7 Å². The second kappa shape index (κ2) is 7.45. The summed E-state index contributed by atoms with van der Waals surface area (Å²) in [5.41, 5.74) is 8.81. The third kappa shape index (κ3) is 4.20. The topological polar surface area (TPSA) is 0 Å². The summed E-state index contributed by atoms with van der Waals surface area (Å²) in [5, 5.41) is 0. The highest BCUT2D eigenvalue weighted by molar-refractivity contribution is 5.32. The zero-order valence-corrected chi connectivity index (χ0v) is 14.0. The zero-order valence-electron chi connectivity index (χ0n) is 14.0. The van der Waals surface area contributed by atoms with Gasteiger partial charge >= 0.3 is 0 Å². The molecule has 0 aromatic heterocycles. The van der Waals surface area contributed by atoms with Gasteiger partial charge in [0.05, 0.1) is 0 Å². The largest absolute Gasteiger partial charge is 0.0613 e. The van der Waals surface area contributed by atoms with Gasteiger partial charge in [-0.1, -0.05) is 50.2 Å². The lowest BCUT2D eigenvalue weighted by Crippen LogP contribution is -1.95. The van der Waals surface area contributed by atoms with Crippen molar-refractivity contribution in [1.29, 1.82) is 0 Å². The highest BCUT2D eigenvalue weighted by Crippen LogP contribution is 2.16. The molecule has 0 fully saturated rings. The Kier molecular flexibility index (Phi) is 5.61. The van der Waals surface area contributed by atoms with Gasteiger partial charge < -0.3 is 0 Å². The van der Waals surface area contributed by atoms with Crippen LogP contribution in [0, 0.1) is 13.8 Å². The van der Waals surface area contributed by atoms with Gasteiger partial charge in [-0.3, -0.25) is 0 Å². The Morgan fingerprint density at radius 2 is 1.10 bits per heavy atom. The summed E-state index contributed by atoms with van der Waals surface area (Å²) in [4.78, 5) is 0. The first kappa shape index (κ1) is 15.8. The number of hydrogen-bond acceptors (Lipinski definition) is 0. The SMILES string of the molecule is CCc1cc(CCCc2ccc(C)c(CC)c2)ccc1C. The Bertz CT molecular complexity index is 539. The first-order chi connectivity index (χ1) is 10.1. The molecule has 21 heavy (non-hydrogen) atoms. The van der Waals surface area contributed by atoms with E-state index in [1.807, 2.05) is 0 Å². The lowest BCUT2D eigenvalue weighted by atomic mass is 9.97. The Morgan fingerprint density at radius 3 is 1.48 bits per heavy atom.